The molecule has 70 valence electrons. The molecule has 0 fully saturated rings. The number of carbonyl (C=O) groups is 1. The van der Waals surface area contributed by atoms with Crippen molar-refractivity contribution in [3.63, 3.8) is 0 Å². The van der Waals surface area contributed by atoms with Gasteiger partial charge in [0.15, 0.2) is 5.78 Å². The molecule has 0 saturated carbocycles. The van der Waals surface area contributed by atoms with Gasteiger partial charge in [0.1, 0.15) is 5.69 Å². The summed E-state index contributed by atoms with van der Waals surface area (Å²) in [6, 6.07) is 0. The van der Waals surface area contributed by atoms with E-state index in [1.54, 1.807) is 0 Å². The van der Waals surface area contributed by atoms with Gasteiger partial charge in [0.25, 0.3) is 0 Å². The van der Waals surface area contributed by atoms with Crippen molar-refractivity contribution in [2.45, 2.75) is 19.8 Å². The number of nitrogens with zero attached hydrogens (tertiary/aromatic N) is 2. The maximum Gasteiger partial charge on any atom is 0.223 e. The first-order valence-electron chi connectivity index (χ1n) is 3.96. The Morgan fingerprint density at radius 2 is 2.38 bits per heavy atom. The zero-order valence-corrected chi connectivity index (χ0v) is 8.01. The molecule has 2 N–H and O–H groups in total. The fraction of sp³-hybridized carbons (Fsp3) is 0.375. The SMILES string of the molecule is CCCC(=O)c1nc(Cl)ncc1N. The molecule has 0 atom stereocenters. The molecule has 1 aromatic heterocycles. The predicted molar refractivity (Wildman–Crippen MR) is 50.7 cm³/mol. The summed E-state index contributed by atoms with van der Waals surface area (Å²) in [6.07, 6.45) is 2.54. The van der Waals surface area contributed by atoms with E-state index in [1.807, 2.05) is 6.92 Å². The van der Waals surface area contributed by atoms with Gasteiger partial charge in [-0.25, -0.2) is 9.97 Å². The number of nitrogen functional groups attached to an aromatic ring is 1. The Kier molecular flexibility index (Phi) is 3.19. The van der Waals surface area contributed by atoms with Crippen LogP contribution >= 0.6 is 11.6 Å². The smallest absolute Gasteiger partial charge is 0.223 e. The van der Waals surface area contributed by atoms with Crippen LogP contribution in [0.1, 0.15) is 30.3 Å². The molecule has 4 nitrogen and oxygen atoms in total. The third-order valence-electron chi connectivity index (χ3n) is 1.53. The summed E-state index contributed by atoms with van der Waals surface area (Å²) in [6.45, 7) is 1.91. The Morgan fingerprint density at radius 3 is 3.00 bits per heavy atom. The number of anilines is 1. The van der Waals surface area contributed by atoms with Crippen LogP contribution in [0.4, 0.5) is 5.69 Å². The van der Waals surface area contributed by atoms with Gasteiger partial charge in [0, 0.05) is 6.42 Å². The highest BCUT2D eigenvalue weighted by Gasteiger charge is 2.11. The van der Waals surface area contributed by atoms with Crippen molar-refractivity contribution in [3.05, 3.63) is 17.2 Å². The molecule has 0 aliphatic heterocycles. The lowest BCUT2D eigenvalue weighted by Crippen LogP contribution is -2.07. The Bertz CT molecular complexity index is 327. The number of ketones is 1. The van der Waals surface area contributed by atoms with Crippen LogP contribution in [-0.2, 0) is 0 Å². The highest BCUT2D eigenvalue weighted by atomic mass is 35.5. The van der Waals surface area contributed by atoms with Crippen molar-refractivity contribution >= 4 is 23.1 Å². The van der Waals surface area contributed by atoms with Crippen molar-refractivity contribution in [2.75, 3.05) is 5.73 Å². The maximum atomic E-state index is 11.4. The van der Waals surface area contributed by atoms with E-state index in [0.29, 0.717) is 6.42 Å². The molecule has 0 spiro atoms. The fourth-order valence-electron chi connectivity index (χ4n) is 0.938. The summed E-state index contributed by atoms with van der Waals surface area (Å²) in [5.41, 5.74) is 6.02. The monoisotopic (exact) mass is 199 g/mol. The van der Waals surface area contributed by atoms with E-state index in [4.69, 9.17) is 17.3 Å². The minimum absolute atomic E-state index is 0.0497. The molecule has 0 aliphatic rings. The van der Waals surface area contributed by atoms with E-state index >= 15 is 0 Å². The van der Waals surface area contributed by atoms with E-state index < -0.39 is 0 Å². The lowest BCUT2D eigenvalue weighted by Gasteiger charge is -2.01. The first kappa shape index (κ1) is 9.92. The topological polar surface area (TPSA) is 68.9 Å². The summed E-state index contributed by atoms with van der Waals surface area (Å²) in [4.78, 5) is 18.8. The number of rotatable bonds is 3. The van der Waals surface area contributed by atoms with E-state index in [1.165, 1.54) is 6.20 Å². The highest BCUT2D eigenvalue weighted by Crippen LogP contribution is 2.12. The Balaban J connectivity index is 2.99. The normalized spacial score (nSPS) is 10.0. The number of halogens is 1. The van der Waals surface area contributed by atoms with Gasteiger partial charge in [-0.3, -0.25) is 4.79 Å². The molecule has 0 bridgehead atoms. The van der Waals surface area contributed by atoms with Crippen molar-refractivity contribution in [2.24, 2.45) is 0 Å². The molecule has 0 unspecified atom stereocenters. The summed E-state index contributed by atoms with van der Waals surface area (Å²) < 4.78 is 0. The van der Waals surface area contributed by atoms with Gasteiger partial charge in [-0.15, -0.1) is 0 Å². The first-order valence-corrected chi connectivity index (χ1v) is 4.34. The highest BCUT2D eigenvalue weighted by molar-refractivity contribution is 6.28. The first-order chi connectivity index (χ1) is 6.15. The number of hydrogen-bond acceptors (Lipinski definition) is 4. The van der Waals surface area contributed by atoms with Crippen molar-refractivity contribution in [3.8, 4) is 0 Å². The average molecular weight is 200 g/mol. The molecule has 5 heteroatoms. The van der Waals surface area contributed by atoms with Gasteiger partial charge < -0.3 is 5.73 Å². The maximum absolute atomic E-state index is 11.4. The van der Waals surface area contributed by atoms with Crippen LogP contribution in [0.5, 0.6) is 0 Å². The summed E-state index contributed by atoms with van der Waals surface area (Å²) >= 11 is 5.53. The van der Waals surface area contributed by atoms with Gasteiger partial charge in [0.2, 0.25) is 5.28 Å². The number of hydrogen-bond donors (Lipinski definition) is 1. The Labute approximate surface area is 81.1 Å². The number of aromatic nitrogens is 2. The lowest BCUT2D eigenvalue weighted by molar-refractivity contribution is 0.0977. The molecule has 0 saturated heterocycles. The minimum atomic E-state index is -0.0932. The molecule has 1 heterocycles. The molecule has 0 radical (unpaired) electrons. The molecular weight excluding hydrogens is 190 g/mol. The third kappa shape index (κ3) is 2.39. The lowest BCUT2D eigenvalue weighted by atomic mass is 10.1. The second kappa shape index (κ2) is 4.18. The van der Waals surface area contributed by atoms with Gasteiger partial charge in [-0.2, -0.15) is 0 Å². The van der Waals surface area contributed by atoms with E-state index in [9.17, 15) is 4.79 Å². The van der Waals surface area contributed by atoms with Crippen LogP contribution in [0.25, 0.3) is 0 Å². The summed E-state index contributed by atoms with van der Waals surface area (Å²) in [5, 5.41) is 0.0497. The molecule has 13 heavy (non-hydrogen) atoms. The van der Waals surface area contributed by atoms with Gasteiger partial charge in [-0.1, -0.05) is 6.92 Å². The second-order valence-corrected chi connectivity index (χ2v) is 2.95. The van der Waals surface area contributed by atoms with Crippen molar-refractivity contribution < 1.29 is 4.79 Å². The Hall–Kier alpha value is -1.16. The molecular formula is C8H10ClN3O. The second-order valence-electron chi connectivity index (χ2n) is 2.62. The minimum Gasteiger partial charge on any atom is -0.396 e. The Morgan fingerprint density at radius 1 is 1.69 bits per heavy atom. The standard InChI is InChI=1S/C8H10ClN3O/c1-2-3-6(13)7-5(10)4-11-8(9)12-7/h4H,2-3,10H2,1H3. The van der Waals surface area contributed by atoms with E-state index in [2.05, 4.69) is 9.97 Å². The fourth-order valence-corrected chi connectivity index (χ4v) is 1.07. The van der Waals surface area contributed by atoms with Gasteiger partial charge in [-0.05, 0) is 18.0 Å². The van der Waals surface area contributed by atoms with Crippen molar-refractivity contribution in [1.82, 2.24) is 9.97 Å². The quantitative estimate of drug-likeness (QED) is 0.594. The summed E-state index contributed by atoms with van der Waals surface area (Å²) in [5.74, 6) is -0.0932. The average Bonchev–Trinajstić information content (AvgIpc) is 2.09. The van der Waals surface area contributed by atoms with Crippen LogP contribution in [0.3, 0.4) is 0 Å². The zero-order valence-electron chi connectivity index (χ0n) is 7.25. The molecule has 0 aromatic carbocycles. The van der Waals surface area contributed by atoms with Gasteiger partial charge >= 0.3 is 0 Å². The molecule has 0 aliphatic carbocycles. The van der Waals surface area contributed by atoms with Crippen LogP contribution in [-0.4, -0.2) is 15.8 Å². The largest absolute Gasteiger partial charge is 0.396 e. The van der Waals surface area contributed by atoms with Crippen LogP contribution in [0.15, 0.2) is 6.20 Å². The molecule has 1 rings (SSSR count). The third-order valence-corrected chi connectivity index (χ3v) is 1.71. The van der Waals surface area contributed by atoms with Crippen molar-refractivity contribution in [1.29, 1.82) is 0 Å². The van der Waals surface area contributed by atoms with Crippen LogP contribution in [0, 0.1) is 0 Å². The molecule has 1 aromatic rings. The van der Waals surface area contributed by atoms with Crippen LogP contribution < -0.4 is 5.73 Å². The van der Waals surface area contributed by atoms with E-state index in [0.717, 1.165) is 6.42 Å². The van der Waals surface area contributed by atoms with E-state index in [-0.39, 0.29) is 22.4 Å². The summed E-state index contributed by atoms with van der Waals surface area (Å²) in [7, 11) is 0. The molecule has 0 amide bonds. The van der Waals surface area contributed by atoms with Crippen LogP contribution in [0.2, 0.25) is 5.28 Å². The van der Waals surface area contributed by atoms with Gasteiger partial charge in [0.05, 0.1) is 11.9 Å². The zero-order chi connectivity index (χ0) is 9.84. The number of nitrogens with two attached hydrogens (primary N) is 1. The number of carbonyl (C=O) groups excluding carboxylic acids is 1. The number of Topliss-reactive ketones (excluding diaryl/α,β-unsaturated/α-hetero) is 1. The predicted octanol–water partition coefficient (Wildman–Crippen LogP) is 1.70.